The van der Waals surface area contributed by atoms with E-state index in [-0.39, 0.29) is 5.91 Å². The average Bonchev–Trinajstić information content (AvgIpc) is 2.42. The molecule has 0 saturated carbocycles. The van der Waals surface area contributed by atoms with Gasteiger partial charge in [0, 0.05) is 16.8 Å². The van der Waals surface area contributed by atoms with Gasteiger partial charge in [-0.05, 0) is 30.3 Å². The maximum absolute atomic E-state index is 12.0. The molecular formula is C12H10Cl2N4O. The van der Waals surface area contributed by atoms with Gasteiger partial charge in [0.05, 0.1) is 10.7 Å². The first kappa shape index (κ1) is 13.6. The van der Waals surface area contributed by atoms with E-state index < -0.39 is 0 Å². The van der Waals surface area contributed by atoms with Crippen LogP contribution in [-0.2, 0) is 0 Å². The van der Waals surface area contributed by atoms with Crippen molar-refractivity contribution in [3.05, 3.63) is 52.1 Å². The van der Waals surface area contributed by atoms with E-state index in [0.29, 0.717) is 27.1 Å². The Hall–Kier alpha value is -1.82. The van der Waals surface area contributed by atoms with E-state index in [0.717, 1.165) is 0 Å². The minimum Gasteiger partial charge on any atom is -0.321 e. The number of hydrogen-bond acceptors (Lipinski definition) is 4. The summed E-state index contributed by atoms with van der Waals surface area (Å²) in [6.07, 6.45) is 1.48. The van der Waals surface area contributed by atoms with Gasteiger partial charge >= 0.3 is 0 Å². The van der Waals surface area contributed by atoms with Crippen molar-refractivity contribution in [3.8, 4) is 0 Å². The van der Waals surface area contributed by atoms with Crippen molar-refractivity contribution in [2.24, 2.45) is 5.84 Å². The Balaban J connectivity index is 2.20. The highest BCUT2D eigenvalue weighted by molar-refractivity contribution is 6.36. The van der Waals surface area contributed by atoms with Crippen LogP contribution in [0, 0.1) is 0 Å². The normalized spacial score (nSPS) is 10.1. The lowest BCUT2D eigenvalue weighted by atomic mass is 10.2. The summed E-state index contributed by atoms with van der Waals surface area (Å²) < 4.78 is 0. The highest BCUT2D eigenvalue weighted by atomic mass is 35.5. The number of hydrazine groups is 1. The Morgan fingerprint density at radius 3 is 2.68 bits per heavy atom. The number of hydrogen-bond donors (Lipinski definition) is 3. The van der Waals surface area contributed by atoms with Crippen molar-refractivity contribution in [1.29, 1.82) is 0 Å². The third-order valence-electron chi connectivity index (χ3n) is 2.35. The van der Waals surface area contributed by atoms with Crippen LogP contribution in [0.3, 0.4) is 0 Å². The standard InChI is InChI=1S/C12H10Cl2N4O/c13-8-1-2-10(9(14)6-8)17-12(19)7-3-4-16-11(5-7)18-15/h1-6H,15H2,(H,16,18)(H,17,19). The number of halogens is 2. The molecule has 1 amide bonds. The van der Waals surface area contributed by atoms with Gasteiger partial charge in [-0.3, -0.25) is 4.79 Å². The fraction of sp³-hybridized carbons (Fsp3) is 0. The minimum absolute atomic E-state index is 0.317. The summed E-state index contributed by atoms with van der Waals surface area (Å²) in [6, 6.07) is 7.92. The van der Waals surface area contributed by atoms with Crippen LogP contribution in [-0.4, -0.2) is 10.9 Å². The predicted octanol–water partition coefficient (Wildman–Crippen LogP) is 2.93. The Bertz CT molecular complexity index is 618. The Labute approximate surface area is 119 Å². The van der Waals surface area contributed by atoms with Gasteiger partial charge in [-0.2, -0.15) is 0 Å². The molecule has 1 aromatic heterocycles. The van der Waals surface area contributed by atoms with Crippen LogP contribution in [0.2, 0.25) is 10.0 Å². The van der Waals surface area contributed by atoms with Crippen molar-refractivity contribution in [2.45, 2.75) is 0 Å². The quantitative estimate of drug-likeness (QED) is 0.601. The molecule has 0 aliphatic heterocycles. The van der Waals surface area contributed by atoms with E-state index in [4.69, 9.17) is 29.0 Å². The maximum Gasteiger partial charge on any atom is 0.255 e. The molecule has 19 heavy (non-hydrogen) atoms. The van der Waals surface area contributed by atoms with Crippen LogP contribution in [0.25, 0.3) is 0 Å². The van der Waals surface area contributed by atoms with E-state index in [1.807, 2.05) is 0 Å². The van der Waals surface area contributed by atoms with Gasteiger partial charge in [-0.1, -0.05) is 23.2 Å². The van der Waals surface area contributed by atoms with E-state index in [1.165, 1.54) is 12.3 Å². The number of rotatable bonds is 3. The second-order valence-corrected chi connectivity index (χ2v) is 4.50. The summed E-state index contributed by atoms with van der Waals surface area (Å²) in [6.45, 7) is 0. The van der Waals surface area contributed by atoms with Crippen molar-refractivity contribution < 1.29 is 4.79 Å². The largest absolute Gasteiger partial charge is 0.321 e. The number of nitrogens with zero attached hydrogens (tertiary/aromatic N) is 1. The van der Waals surface area contributed by atoms with Crippen molar-refractivity contribution in [3.63, 3.8) is 0 Å². The minimum atomic E-state index is -0.317. The van der Waals surface area contributed by atoms with Crippen LogP contribution in [0.5, 0.6) is 0 Å². The number of nitrogens with two attached hydrogens (primary N) is 1. The molecule has 0 atom stereocenters. The Kier molecular flexibility index (Phi) is 4.21. The molecule has 98 valence electrons. The molecule has 2 aromatic rings. The molecule has 0 saturated heterocycles. The average molecular weight is 297 g/mol. The van der Waals surface area contributed by atoms with Crippen molar-refractivity contribution in [1.82, 2.24) is 4.98 Å². The molecule has 0 spiro atoms. The van der Waals surface area contributed by atoms with Crippen molar-refractivity contribution >= 4 is 40.6 Å². The zero-order valence-corrected chi connectivity index (χ0v) is 11.2. The second kappa shape index (κ2) is 5.88. The molecule has 0 radical (unpaired) electrons. The molecule has 1 heterocycles. The lowest BCUT2D eigenvalue weighted by molar-refractivity contribution is 0.102. The van der Waals surface area contributed by atoms with Gasteiger partial charge in [0.1, 0.15) is 5.82 Å². The van der Waals surface area contributed by atoms with E-state index in [9.17, 15) is 4.79 Å². The first-order valence-corrected chi connectivity index (χ1v) is 6.05. The summed E-state index contributed by atoms with van der Waals surface area (Å²) in [5, 5.41) is 3.55. The molecule has 7 heteroatoms. The molecule has 2 rings (SSSR count). The number of pyridine rings is 1. The van der Waals surface area contributed by atoms with Gasteiger partial charge in [-0.25, -0.2) is 10.8 Å². The van der Waals surface area contributed by atoms with E-state index in [1.54, 1.807) is 24.3 Å². The Morgan fingerprint density at radius 2 is 2.00 bits per heavy atom. The number of nitrogen functional groups attached to an aromatic ring is 1. The highest BCUT2D eigenvalue weighted by Crippen LogP contribution is 2.25. The number of amides is 1. The maximum atomic E-state index is 12.0. The lowest BCUT2D eigenvalue weighted by Gasteiger charge is -2.08. The smallest absolute Gasteiger partial charge is 0.255 e. The number of carbonyl (C=O) groups is 1. The highest BCUT2D eigenvalue weighted by Gasteiger charge is 2.09. The molecule has 0 aliphatic rings. The van der Waals surface area contributed by atoms with Crippen LogP contribution in [0.4, 0.5) is 11.5 Å². The molecule has 5 nitrogen and oxygen atoms in total. The predicted molar refractivity (Wildman–Crippen MR) is 76.5 cm³/mol. The summed E-state index contributed by atoms with van der Waals surface area (Å²) in [5.74, 6) is 5.31. The van der Waals surface area contributed by atoms with E-state index in [2.05, 4.69) is 15.7 Å². The van der Waals surface area contributed by atoms with Gasteiger partial charge in [0.2, 0.25) is 0 Å². The molecule has 0 unspecified atom stereocenters. The van der Waals surface area contributed by atoms with Gasteiger partial charge in [-0.15, -0.1) is 0 Å². The summed E-state index contributed by atoms with van der Waals surface area (Å²) in [7, 11) is 0. The number of carbonyl (C=O) groups excluding carboxylic acids is 1. The van der Waals surface area contributed by atoms with Crippen LogP contribution >= 0.6 is 23.2 Å². The SMILES string of the molecule is NNc1cc(C(=O)Nc2ccc(Cl)cc2Cl)ccn1. The second-order valence-electron chi connectivity index (χ2n) is 3.65. The summed E-state index contributed by atoms with van der Waals surface area (Å²) in [5.41, 5.74) is 3.26. The topological polar surface area (TPSA) is 80.0 Å². The summed E-state index contributed by atoms with van der Waals surface area (Å²) >= 11 is 11.8. The van der Waals surface area contributed by atoms with Crippen molar-refractivity contribution in [2.75, 3.05) is 10.7 Å². The zero-order valence-electron chi connectivity index (χ0n) is 9.65. The molecular weight excluding hydrogens is 287 g/mol. The third-order valence-corrected chi connectivity index (χ3v) is 2.90. The van der Waals surface area contributed by atoms with Gasteiger partial charge in [0.15, 0.2) is 0 Å². The third kappa shape index (κ3) is 3.35. The van der Waals surface area contributed by atoms with Gasteiger partial charge in [0.25, 0.3) is 5.91 Å². The number of aromatic nitrogens is 1. The van der Waals surface area contributed by atoms with Crippen LogP contribution in [0.1, 0.15) is 10.4 Å². The molecule has 0 fully saturated rings. The lowest BCUT2D eigenvalue weighted by Crippen LogP contribution is -2.14. The van der Waals surface area contributed by atoms with Crippen LogP contribution in [0.15, 0.2) is 36.5 Å². The fourth-order valence-electron chi connectivity index (χ4n) is 1.44. The van der Waals surface area contributed by atoms with E-state index >= 15 is 0 Å². The molecule has 1 aromatic carbocycles. The molecule has 0 aliphatic carbocycles. The number of benzene rings is 1. The first-order chi connectivity index (χ1) is 9.10. The monoisotopic (exact) mass is 296 g/mol. The van der Waals surface area contributed by atoms with Gasteiger partial charge < -0.3 is 10.7 Å². The number of anilines is 2. The first-order valence-electron chi connectivity index (χ1n) is 5.29. The van der Waals surface area contributed by atoms with Crippen LogP contribution < -0.4 is 16.6 Å². The zero-order chi connectivity index (χ0) is 13.8. The molecule has 0 bridgehead atoms. The fourth-order valence-corrected chi connectivity index (χ4v) is 1.89. The number of nitrogens with one attached hydrogen (secondary N) is 2. The summed E-state index contributed by atoms with van der Waals surface area (Å²) in [4.78, 5) is 15.9. The Morgan fingerprint density at radius 1 is 1.21 bits per heavy atom. The molecule has 4 N–H and O–H groups in total.